The standard InChI is InChI=1S/C11H19ClN2S/c1-4-11(2,13)8-14(3)7-9-5-6-10(12)15-9/h5-6H,4,7-8,13H2,1-3H3. The molecule has 1 aromatic rings. The number of nitrogens with two attached hydrogens (primary N) is 1. The van der Waals surface area contributed by atoms with E-state index in [-0.39, 0.29) is 5.54 Å². The fourth-order valence-electron chi connectivity index (χ4n) is 1.49. The molecule has 0 spiro atoms. The molecule has 2 N–H and O–H groups in total. The molecule has 0 saturated carbocycles. The Bertz CT molecular complexity index is 309. The summed E-state index contributed by atoms with van der Waals surface area (Å²) in [6.45, 7) is 6.03. The van der Waals surface area contributed by atoms with E-state index in [0.29, 0.717) is 0 Å². The van der Waals surface area contributed by atoms with E-state index in [0.717, 1.165) is 23.8 Å². The highest BCUT2D eigenvalue weighted by molar-refractivity contribution is 7.16. The molecule has 0 radical (unpaired) electrons. The van der Waals surface area contributed by atoms with Crippen LogP contribution in [0.4, 0.5) is 0 Å². The van der Waals surface area contributed by atoms with Crippen molar-refractivity contribution < 1.29 is 0 Å². The van der Waals surface area contributed by atoms with Crippen molar-refractivity contribution >= 4 is 22.9 Å². The molecule has 0 saturated heterocycles. The smallest absolute Gasteiger partial charge is 0.0931 e. The van der Waals surface area contributed by atoms with Crippen molar-refractivity contribution in [3.05, 3.63) is 21.3 Å². The third-order valence-corrected chi connectivity index (χ3v) is 3.71. The lowest BCUT2D eigenvalue weighted by molar-refractivity contribution is 0.248. The predicted molar refractivity (Wildman–Crippen MR) is 68.5 cm³/mol. The van der Waals surface area contributed by atoms with Crippen molar-refractivity contribution in [2.75, 3.05) is 13.6 Å². The van der Waals surface area contributed by atoms with Crippen LogP contribution in [0.5, 0.6) is 0 Å². The third-order valence-electron chi connectivity index (χ3n) is 2.49. The van der Waals surface area contributed by atoms with Gasteiger partial charge in [-0.1, -0.05) is 18.5 Å². The van der Waals surface area contributed by atoms with Crippen LogP contribution in [0.3, 0.4) is 0 Å². The Morgan fingerprint density at radius 3 is 2.67 bits per heavy atom. The number of likely N-dealkylation sites (N-methyl/N-ethyl adjacent to an activating group) is 1. The van der Waals surface area contributed by atoms with Crippen molar-refractivity contribution in [3.63, 3.8) is 0 Å². The normalized spacial score (nSPS) is 15.6. The topological polar surface area (TPSA) is 29.3 Å². The molecule has 1 rings (SSSR count). The lowest BCUT2D eigenvalue weighted by atomic mass is 10.0. The molecular weight excluding hydrogens is 228 g/mol. The molecule has 86 valence electrons. The van der Waals surface area contributed by atoms with Gasteiger partial charge < -0.3 is 5.73 Å². The second-order valence-corrected chi connectivity index (χ2v) is 6.19. The number of halogens is 1. The molecule has 0 aromatic carbocycles. The van der Waals surface area contributed by atoms with E-state index in [2.05, 4.69) is 31.9 Å². The van der Waals surface area contributed by atoms with Gasteiger partial charge in [-0.15, -0.1) is 11.3 Å². The van der Waals surface area contributed by atoms with Gasteiger partial charge in [0.2, 0.25) is 0 Å². The zero-order chi connectivity index (χ0) is 11.5. The average Bonchev–Trinajstić information content (AvgIpc) is 2.50. The van der Waals surface area contributed by atoms with Crippen molar-refractivity contribution in [1.29, 1.82) is 0 Å². The zero-order valence-corrected chi connectivity index (χ0v) is 11.2. The molecule has 1 heterocycles. The fraction of sp³-hybridized carbons (Fsp3) is 0.636. The van der Waals surface area contributed by atoms with Gasteiger partial charge >= 0.3 is 0 Å². The van der Waals surface area contributed by atoms with Crippen LogP contribution in [0.2, 0.25) is 4.34 Å². The molecule has 0 aliphatic rings. The predicted octanol–water partition coefficient (Wildman–Crippen LogP) is 2.96. The van der Waals surface area contributed by atoms with Gasteiger partial charge in [0.05, 0.1) is 4.34 Å². The third kappa shape index (κ3) is 4.51. The quantitative estimate of drug-likeness (QED) is 0.866. The van der Waals surface area contributed by atoms with Gasteiger partial charge in [0.1, 0.15) is 0 Å². The Kier molecular flexibility index (Phi) is 4.59. The molecule has 0 aliphatic carbocycles. The van der Waals surface area contributed by atoms with Crippen LogP contribution >= 0.6 is 22.9 Å². The molecule has 0 aliphatic heterocycles. The highest BCUT2D eigenvalue weighted by Gasteiger charge is 2.18. The van der Waals surface area contributed by atoms with E-state index >= 15 is 0 Å². The molecule has 4 heteroatoms. The molecule has 0 bridgehead atoms. The Hall–Kier alpha value is -0.0900. The van der Waals surface area contributed by atoms with E-state index in [1.807, 2.05) is 6.07 Å². The summed E-state index contributed by atoms with van der Waals surface area (Å²) in [7, 11) is 2.09. The van der Waals surface area contributed by atoms with Crippen molar-refractivity contribution in [1.82, 2.24) is 4.90 Å². The van der Waals surface area contributed by atoms with Crippen LogP contribution in [-0.2, 0) is 6.54 Å². The summed E-state index contributed by atoms with van der Waals surface area (Å²) in [4.78, 5) is 3.53. The molecule has 1 aromatic heterocycles. The SMILES string of the molecule is CCC(C)(N)CN(C)Cc1ccc(Cl)s1. The van der Waals surface area contributed by atoms with Gasteiger partial charge in [0.25, 0.3) is 0 Å². The molecule has 0 fully saturated rings. The van der Waals surface area contributed by atoms with Gasteiger partial charge in [-0.2, -0.15) is 0 Å². The number of rotatable bonds is 5. The average molecular weight is 247 g/mol. The first kappa shape index (κ1) is 13.0. The summed E-state index contributed by atoms with van der Waals surface area (Å²) in [5.41, 5.74) is 6.01. The highest BCUT2D eigenvalue weighted by atomic mass is 35.5. The number of thiophene rings is 1. The summed E-state index contributed by atoms with van der Waals surface area (Å²) in [5, 5.41) is 0. The molecular formula is C11H19ClN2S. The Labute approximate surface area is 101 Å². The van der Waals surface area contributed by atoms with Gasteiger partial charge in [0, 0.05) is 23.5 Å². The van der Waals surface area contributed by atoms with Gasteiger partial charge in [-0.25, -0.2) is 0 Å². The maximum Gasteiger partial charge on any atom is 0.0931 e. The minimum atomic E-state index is -0.101. The lowest BCUT2D eigenvalue weighted by Crippen LogP contribution is -2.45. The van der Waals surface area contributed by atoms with Crippen molar-refractivity contribution in [2.24, 2.45) is 5.73 Å². The van der Waals surface area contributed by atoms with Crippen LogP contribution in [-0.4, -0.2) is 24.0 Å². The molecule has 15 heavy (non-hydrogen) atoms. The Morgan fingerprint density at radius 2 is 2.20 bits per heavy atom. The van der Waals surface area contributed by atoms with Crippen molar-refractivity contribution in [3.8, 4) is 0 Å². The minimum Gasteiger partial charge on any atom is -0.324 e. The molecule has 2 nitrogen and oxygen atoms in total. The molecule has 1 atom stereocenters. The largest absolute Gasteiger partial charge is 0.324 e. The maximum atomic E-state index is 6.11. The summed E-state index contributed by atoms with van der Waals surface area (Å²) < 4.78 is 0.851. The highest BCUT2D eigenvalue weighted by Crippen LogP contribution is 2.22. The Balaban J connectivity index is 2.46. The molecule has 1 unspecified atom stereocenters. The van der Waals surface area contributed by atoms with Gasteiger partial charge in [-0.3, -0.25) is 4.90 Å². The van der Waals surface area contributed by atoms with E-state index in [1.54, 1.807) is 11.3 Å². The van der Waals surface area contributed by atoms with E-state index < -0.39 is 0 Å². The van der Waals surface area contributed by atoms with Crippen LogP contribution in [0.1, 0.15) is 25.1 Å². The summed E-state index contributed by atoms with van der Waals surface area (Å²) in [6.07, 6.45) is 0.989. The van der Waals surface area contributed by atoms with E-state index in [1.165, 1.54) is 4.88 Å². The zero-order valence-electron chi connectivity index (χ0n) is 9.59. The summed E-state index contributed by atoms with van der Waals surface area (Å²) >= 11 is 7.51. The first-order chi connectivity index (χ1) is 6.93. The number of hydrogen-bond acceptors (Lipinski definition) is 3. The maximum absolute atomic E-state index is 6.11. The Morgan fingerprint density at radius 1 is 1.53 bits per heavy atom. The lowest BCUT2D eigenvalue weighted by Gasteiger charge is -2.28. The van der Waals surface area contributed by atoms with Crippen LogP contribution in [0.25, 0.3) is 0 Å². The second-order valence-electron chi connectivity index (χ2n) is 4.39. The molecule has 0 amide bonds. The summed E-state index contributed by atoms with van der Waals surface area (Å²) in [5.74, 6) is 0. The number of hydrogen-bond donors (Lipinski definition) is 1. The monoisotopic (exact) mass is 246 g/mol. The van der Waals surface area contributed by atoms with Gasteiger partial charge in [-0.05, 0) is 32.5 Å². The van der Waals surface area contributed by atoms with Crippen molar-refractivity contribution in [2.45, 2.75) is 32.4 Å². The number of nitrogens with zero attached hydrogens (tertiary/aromatic N) is 1. The van der Waals surface area contributed by atoms with Crippen LogP contribution in [0, 0.1) is 0 Å². The first-order valence-corrected chi connectivity index (χ1v) is 6.34. The van der Waals surface area contributed by atoms with Crippen LogP contribution < -0.4 is 5.73 Å². The fourth-order valence-corrected chi connectivity index (χ4v) is 2.65. The first-order valence-electron chi connectivity index (χ1n) is 5.14. The van der Waals surface area contributed by atoms with Crippen LogP contribution in [0.15, 0.2) is 12.1 Å². The summed E-state index contributed by atoms with van der Waals surface area (Å²) in [6, 6.07) is 4.01. The van der Waals surface area contributed by atoms with E-state index in [9.17, 15) is 0 Å². The van der Waals surface area contributed by atoms with Gasteiger partial charge in [0.15, 0.2) is 0 Å². The minimum absolute atomic E-state index is 0.101. The van der Waals surface area contributed by atoms with E-state index in [4.69, 9.17) is 17.3 Å². The second kappa shape index (κ2) is 5.30.